The highest BCUT2D eigenvalue weighted by Gasteiger charge is 2.17. The van der Waals surface area contributed by atoms with Crippen molar-refractivity contribution in [2.45, 2.75) is 41.0 Å². The molecule has 0 saturated heterocycles. The van der Waals surface area contributed by atoms with E-state index in [1.165, 1.54) is 17.3 Å². The lowest BCUT2D eigenvalue weighted by molar-refractivity contribution is -0.142. The van der Waals surface area contributed by atoms with E-state index in [4.69, 9.17) is 9.73 Å². The molecule has 0 aromatic heterocycles. The average Bonchev–Trinajstić information content (AvgIpc) is 2.88. The van der Waals surface area contributed by atoms with Crippen LogP contribution in [-0.2, 0) is 14.3 Å². The maximum atomic E-state index is 12.5. The Morgan fingerprint density at radius 1 is 1.03 bits per heavy atom. The molecule has 1 amide bonds. The first-order valence-corrected chi connectivity index (χ1v) is 11.6. The normalized spacial score (nSPS) is 12.7. The van der Waals surface area contributed by atoms with Crippen LogP contribution in [-0.4, -0.2) is 29.3 Å². The molecular weight excluding hydrogens is 422 g/mol. The van der Waals surface area contributed by atoms with Gasteiger partial charge in [0.05, 0.1) is 35.2 Å². The molecule has 2 aromatic rings. The van der Waals surface area contributed by atoms with E-state index in [-0.39, 0.29) is 24.1 Å². The first-order chi connectivity index (χ1) is 15.2. The molecule has 1 aliphatic rings. The zero-order valence-corrected chi connectivity index (χ0v) is 20.0. The number of nitrogens with zero attached hydrogens (tertiary/aromatic N) is 1. The van der Waals surface area contributed by atoms with Crippen molar-refractivity contribution in [1.29, 1.82) is 0 Å². The predicted octanol–water partition coefficient (Wildman–Crippen LogP) is 5.58. The first-order valence-electron chi connectivity index (χ1n) is 10.6. The third-order valence-electron chi connectivity index (χ3n) is 5.22. The number of anilines is 2. The number of hydrogen-bond acceptors (Lipinski definition) is 6. The topological polar surface area (TPSA) is 79.8 Å². The van der Waals surface area contributed by atoms with Gasteiger partial charge in [0, 0.05) is 11.4 Å². The molecule has 2 N–H and O–H groups in total. The van der Waals surface area contributed by atoms with Crippen LogP contribution in [0.3, 0.4) is 0 Å². The zero-order valence-electron chi connectivity index (χ0n) is 19.2. The highest BCUT2D eigenvalue weighted by atomic mass is 32.2. The lowest BCUT2D eigenvalue weighted by atomic mass is 10.1. The van der Waals surface area contributed by atoms with Crippen LogP contribution in [0.2, 0.25) is 0 Å². The molecule has 32 heavy (non-hydrogen) atoms. The van der Waals surface area contributed by atoms with Crippen molar-refractivity contribution >= 4 is 45.7 Å². The van der Waals surface area contributed by atoms with Gasteiger partial charge >= 0.3 is 5.97 Å². The molecule has 168 valence electrons. The van der Waals surface area contributed by atoms with E-state index in [1.807, 2.05) is 64.1 Å². The first kappa shape index (κ1) is 23.6. The number of amides is 1. The molecule has 0 bridgehead atoms. The van der Waals surface area contributed by atoms with Gasteiger partial charge < -0.3 is 15.4 Å². The minimum Gasteiger partial charge on any atom is -0.466 e. The zero-order chi connectivity index (χ0) is 23.3. The summed E-state index contributed by atoms with van der Waals surface area (Å²) in [5, 5.41) is 6.91. The van der Waals surface area contributed by atoms with Gasteiger partial charge in [-0.3, -0.25) is 9.59 Å². The summed E-state index contributed by atoms with van der Waals surface area (Å²) in [6, 6.07) is 9.88. The number of fused-ring (bicyclic) bond motifs is 1. The second-order valence-electron chi connectivity index (χ2n) is 7.82. The van der Waals surface area contributed by atoms with Gasteiger partial charge in [0.2, 0.25) is 5.91 Å². The molecule has 6 nitrogen and oxygen atoms in total. The standard InChI is InChI=1S/C25H29N3O3S/c1-6-31-25(30)13-20-12-24(28-22-11-18(5)17(4)10-21(22)26-20)32-14-23(29)27-19-8-7-15(2)16(3)9-19/h7-12,26H,6,13-14H2,1-5H3,(H,27,29). The Balaban J connectivity index is 1.78. The highest BCUT2D eigenvalue weighted by molar-refractivity contribution is 8.14. The fraction of sp³-hybridized carbons (Fsp3) is 0.320. The summed E-state index contributed by atoms with van der Waals surface area (Å²) in [4.78, 5) is 29.4. The van der Waals surface area contributed by atoms with Crippen LogP contribution in [0.1, 0.15) is 35.6 Å². The summed E-state index contributed by atoms with van der Waals surface area (Å²) in [5.74, 6) is -0.219. The molecule has 0 fully saturated rings. The molecule has 1 aliphatic heterocycles. The molecule has 7 heteroatoms. The summed E-state index contributed by atoms with van der Waals surface area (Å²) < 4.78 is 5.10. The molecule has 0 spiro atoms. The van der Waals surface area contributed by atoms with Gasteiger partial charge in [-0.15, -0.1) is 0 Å². The molecule has 0 atom stereocenters. The number of benzene rings is 2. The van der Waals surface area contributed by atoms with Crippen LogP contribution < -0.4 is 10.6 Å². The van der Waals surface area contributed by atoms with E-state index in [0.29, 0.717) is 17.3 Å². The Kier molecular flexibility index (Phi) is 7.75. The Morgan fingerprint density at radius 2 is 1.75 bits per heavy atom. The fourth-order valence-electron chi connectivity index (χ4n) is 3.20. The van der Waals surface area contributed by atoms with E-state index < -0.39 is 0 Å². The van der Waals surface area contributed by atoms with E-state index >= 15 is 0 Å². The van der Waals surface area contributed by atoms with Crippen LogP contribution in [0.5, 0.6) is 0 Å². The monoisotopic (exact) mass is 451 g/mol. The number of aryl methyl sites for hydroxylation is 4. The minimum absolute atomic E-state index is 0.106. The number of nitrogens with one attached hydrogen (secondary N) is 2. The Labute approximate surface area is 193 Å². The summed E-state index contributed by atoms with van der Waals surface area (Å²) in [7, 11) is 0. The third-order valence-corrected chi connectivity index (χ3v) is 6.13. The number of hydrogen-bond donors (Lipinski definition) is 2. The van der Waals surface area contributed by atoms with Gasteiger partial charge in [-0.25, -0.2) is 4.99 Å². The third kappa shape index (κ3) is 6.23. The van der Waals surface area contributed by atoms with Gasteiger partial charge in [-0.1, -0.05) is 17.8 Å². The summed E-state index contributed by atoms with van der Waals surface area (Å²) in [6.45, 7) is 10.2. The SMILES string of the molecule is CCOC(=O)CC1=CC(SCC(=O)Nc2ccc(C)c(C)c2)=Nc2cc(C)c(C)cc2N1. The van der Waals surface area contributed by atoms with Crippen molar-refractivity contribution in [1.82, 2.24) is 0 Å². The number of esters is 1. The molecule has 1 heterocycles. The minimum atomic E-state index is -0.310. The van der Waals surface area contributed by atoms with Gasteiger partial charge in [-0.2, -0.15) is 0 Å². The molecular formula is C25H29N3O3S. The molecule has 0 radical (unpaired) electrons. The van der Waals surface area contributed by atoms with Gasteiger partial charge in [-0.05, 0) is 87.2 Å². The maximum absolute atomic E-state index is 12.5. The predicted molar refractivity (Wildman–Crippen MR) is 133 cm³/mol. The second kappa shape index (κ2) is 10.5. The largest absolute Gasteiger partial charge is 0.466 e. The maximum Gasteiger partial charge on any atom is 0.311 e. The van der Waals surface area contributed by atoms with Crippen molar-refractivity contribution in [3.63, 3.8) is 0 Å². The number of ether oxygens (including phenoxy) is 1. The molecule has 0 aliphatic carbocycles. The summed E-state index contributed by atoms with van der Waals surface area (Å²) in [6.07, 6.45) is 1.92. The number of aliphatic imine (C=N–C) groups is 1. The number of carbonyl (C=O) groups is 2. The van der Waals surface area contributed by atoms with Crippen LogP contribution in [0, 0.1) is 27.7 Å². The van der Waals surface area contributed by atoms with Crippen LogP contribution in [0.25, 0.3) is 0 Å². The van der Waals surface area contributed by atoms with Crippen LogP contribution in [0.4, 0.5) is 17.1 Å². The van der Waals surface area contributed by atoms with Gasteiger partial charge in [0.25, 0.3) is 0 Å². The lowest BCUT2D eigenvalue weighted by Gasteiger charge is -2.12. The number of rotatable bonds is 6. The van der Waals surface area contributed by atoms with E-state index in [1.54, 1.807) is 6.92 Å². The van der Waals surface area contributed by atoms with Crippen LogP contribution >= 0.6 is 11.8 Å². The molecule has 0 saturated carbocycles. The molecule has 2 aromatic carbocycles. The van der Waals surface area contributed by atoms with E-state index in [2.05, 4.69) is 10.6 Å². The Bertz CT molecular complexity index is 1110. The number of thioether (sulfide) groups is 1. The summed E-state index contributed by atoms with van der Waals surface area (Å²) >= 11 is 1.33. The van der Waals surface area contributed by atoms with Gasteiger partial charge in [0.1, 0.15) is 0 Å². The van der Waals surface area contributed by atoms with Crippen molar-refractivity contribution in [2.75, 3.05) is 23.0 Å². The van der Waals surface area contributed by atoms with Gasteiger partial charge in [0.15, 0.2) is 0 Å². The van der Waals surface area contributed by atoms with Crippen LogP contribution in [0.15, 0.2) is 47.1 Å². The van der Waals surface area contributed by atoms with E-state index in [9.17, 15) is 9.59 Å². The van der Waals surface area contributed by atoms with E-state index in [0.717, 1.165) is 33.8 Å². The Hall–Kier alpha value is -3.06. The lowest BCUT2D eigenvalue weighted by Crippen LogP contribution is -2.15. The highest BCUT2D eigenvalue weighted by Crippen LogP contribution is 2.34. The Morgan fingerprint density at radius 3 is 2.47 bits per heavy atom. The van der Waals surface area contributed by atoms with Crippen molar-refractivity contribution in [2.24, 2.45) is 4.99 Å². The molecule has 0 unspecified atom stereocenters. The smallest absolute Gasteiger partial charge is 0.311 e. The second-order valence-corrected chi connectivity index (χ2v) is 8.81. The molecule has 3 rings (SSSR count). The van der Waals surface area contributed by atoms with Crippen molar-refractivity contribution < 1.29 is 14.3 Å². The van der Waals surface area contributed by atoms with Crippen molar-refractivity contribution in [3.8, 4) is 0 Å². The van der Waals surface area contributed by atoms with Crippen molar-refractivity contribution in [3.05, 3.63) is 64.4 Å². The number of carbonyl (C=O) groups excluding carboxylic acids is 2. The quantitative estimate of drug-likeness (QED) is 0.560. The fourth-order valence-corrected chi connectivity index (χ4v) is 3.93. The summed E-state index contributed by atoms with van der Waals surface area (Å²) in [5.41, 5.74) is 7.64. The average molecular weight is 452 g/mol.